The Kier molecular flexibility index (Phi) is 4.65. The minimum absolute atomic E-state index is 0.0622. The van der Waals surface area contributed by atoms with Crippen molar-refractivity contribution < 1.29 is 18.1 Å². The molecule has 2 rings (SSSR count). The van der Waals surface area contributed by atoms with Gasteiger partial charge in [-0.1, -0.05) is 30.4 Å². The van der Waals surface area contributed by atoms with Gasteiger partial charge in [-0.15, -0.1) is 0 Å². The molecule has 0 fully saturated rings. The Morgan fingerprint density at radius 3 is 2.73 bits per heavy atom. The molecule has 5 nitrogen and oxygen atoms in total. The van der Waals surface area contributed by atoms with Crippen LogP contribution < -0.4 is 5.32 Å². The Hall–Kier alpha value is -2.16. The largest absolute Gasteiger partial charge is 0.427 e. The van der Waals surface area contributed by atoms with E-state index >= 15 is 0 Å². The van der Waals surface area contributed by atoms with Gasteiger partial charge in [0.15, 0.2) is 5.13 Å². The summed E-state index contributed by atoms with van der Waals surface area (Å²) in [7, 11) is 0. The first-order valence-corrected chi connectivity index (χ1v) is 7.17. The van der Waals surface area contributed by atoms with Crippen molar-refractivity contribution in [1.29, 1.82) is 0 Å². The van der Waals surface area contributed by atoms with Gasteiger partial charge in [-0.05, 0) is 12.0 Å². The maximum Gasteiger partial charge on any atom is 0.427 e. The molecule has 1 aromatic carbocycles. The number of anilines is 1. The Balaban J connectivity index is 2.20. The summed E-state index contributed by atoms with van der Waals surface area (Å²) in [5.74, 6) is 0. The molecule has 0 saturated heterocycles. The fourth-order valence-corrected chi connectivity index (χ4v) is 2.63. The molecular weight excluding hydrogens is 319 g/mol. The zero-order chi connectivity index (χ0) is 16.3. The van der Waals surface area contributed by atoms with E-state index in [1.807, 2.05) is 6.92 Å². The smallest absolute Gasteiger partial charge is 0.355 e. The SMILES string of the molecule is CCC(Nc1ncc(C(F)(F)F)s1)c1cccc([N+](=O)[O-])c1. The lowest BCUT2D eigenvalue weighted by molar-refractivity contribution is -0.384. The summed E-state index contributed by atoms with van der Waals surface area (Å²) in [6, 6.07) is 5.64. The van der Waals surface area contributed by atoms with E-state index in [9.17, 15) is 23.3 Å². The molecule has 1 heterocycles. The summed E-state index contributed by atoms with van der Waals surface area (Å²) in [5.41, 5.74) is 0.563. The zero-order valence-corrected chi connectivity index (χ0v) is 12.2. The summed E-state index contributed by atoms with van der Waals surface area (Å²) in [6.07, 6.45) is -3.11. The number of nitro groups is 1. The molecule has 9 heteroatoms. The minimum atomic E-state index is -4.43. The molecule has 0 amide bonds. The zero-order valence-electron chi connectivity index (χ0n) is 11.4. The number of rotatable bonds is 5. The summed E-state index contributed by atoms with van der Waals surface area (Å²) >= 11 is 0.508. The lowest BCUT2D eigenvalue weighted by Gasteiger charge is -2.16. The second kappa shape index (κ2) is 6.30. The van der Waals surface area contributed by atoms with Crippen LogP contribution in [-0.2, 0) is 6.18 Å². The standard InChI is InChI=1S/C13H12F3N3O2S/c1-2-10(8-4-3-5-9(6-8)19(20)21)18-12-17-7-11(22-12)13(14,15)16/h3-7,10H,2H2,1H3,(H,17,18). The molecule has 1 unspecified atom stereocenters. The Labute approximate surface area is 128 Å². The number of aromatic nitrogens is 1. The Morgan fingerprint density at radius 1 is 1.45 bits per heavy atom. The van der Waals surface area contributed by atoms with E-state index in [4.69, 9.17) is 0 Å². The van der Waals surface area contributed by atoms with Gasteiger partial charge >= 0.3 is 6.18 Å². The van der Waals surface area contributed by atoms with E-state index < -0.39 is 16.0 Å². The van der Waals surface area contributed by atoms with E-state index in [-0.39, 0.29) is 16.9 Å². The lowest BCUT2D eigenvalue weighted by atomic mass is 10.0. The Morgan fingerprint density at radius 2 is 2.18 bits per heavy atom. The number of halogens is 3. The van der Waals surface area contributed by atoms with Crippen LogP contribution in [0, 0.1) is 10.1 Å². The molecule has 0 aliphatic heterocycles. The summed E-state index contributed by atoms with van der Waals surface area (Å²) in [6.45, 7) is 1.83. The highest BCUT2D eigenvalue weighted by atomic mass is 32.1. The first-order valence-electron chi connectivity index (χ1n) is 6.35. The number of hydrogen-bond donors (Lipinski definition) is 1. The van der Waals surface area contributed by atoms with E-state index in [1.54, 1.807) is 12.1 Å². The van der Waals surface area contributed by atoms with Crippen molar-refractivity contribution in [2.24, 2.45) is 0 Å². The average molecular weight is 331 g/mol. The highest BCUT2D eigenvalue weighted by Gasteiger charge is 2.33. The molecular formula is C13H12F3N3O2S. The van der Waals surface area contributed by atoms with Crippen LogP contribution in [0.25, 0.3) is 0 Å². The number of nitrogens with zero attached hydrogens (tertiary/aromatic N) is 2. The third-order valence-corrected chi connectivity index (χ3v) is 3.95. The van der Waals surface area contributed by atoms with Crippen molar-refractivity contribution in [2.45, 2.75) is 25.6 Å². The number of non-ortho nitro benzene ring substituents is 1. The fourth-order valence-electron chi connectivity index (χ4n) is 1.90. The number of alkyl halides is 3. The van der Waals surface area contributed by atoms with Crippen LogP contribution in [0.1, 0.15) is 29.8 Å². The topological polar surface area (TPSA) is 68.1 Å². The van der Waals surface area contributed by atoms with Crippen molar-refractivity contribution in [2.75, 3.05) is 5.32 Å². The maximum atomic E-state index is 12.6. The average Bonchev–Trinajstić information content (AvgIpc) is 2.93. The van der Waals surface area contributed by atoms with Crippen molar-refractivity contribution in [3.05, 3.63) is 51.0 Å². The second-order valence-corrected chi connectivity index (χ2v) is 5.52. The highest BCUT2D eigenvalue weighted by Crippen LogP contribution is 2.36. The van der Waals surface area contributed by atoms with Gasteiger partial charge in [0.1, 0.15) is 4.88 Å². The lowest BCUT2D eigenvalue weighted by Crippen LogP contribution is -2.09. The molecule has 22 heavy (non-hydrogen) atoms. The normalized spacial score (nSPS) is 12.9. The van der Waals surface area contributed by atoms with Crippen LogP contribution in [-0.4, -0.2) is 9.91 Å². The van der Waals surface area contributed by atoms with Gasteiger partial charge in [-0.25, -0.2) is 4.98 Å². The van der Waals surface area contributed by atoms with Crippen LogP contribution in [0.15, 0.2) is 30.5 Å². The molecule has 0 aliphatic rings. The summed E-state index contributed by atoms with van der Waals surface area (Å²) in [5, 5.41) is 13.8. The third-order valence-electron chi connectivity index (χ3n) is 2.97. The predicted molar refractivity (Wildman–Crippen MR) is 76.9 cm³/mol. The first kappa shape index (κ1) is 16.2. The molecule has 0 bridgehead atoms. The van der Waals surface area contributed by atoms with Crippen LogP contribution in [0.3, 0.4) is 0 Å². The van der Waals surface area contributed by atoms with Crippen LogP contribution in [0.5, 0.6) is 0 Å². The van der Waals surface area contributed by atoms with E-state index in [1.165, 1.54) is 12.1 Å². The third kappa shape index (κ3) is 3.73. The van der Waals surface area contributed by atoms with Crippen molar-refractivity contribution in [3.63, 3.8) is 0 Å². The minimum Gasteiger partial charge on any atom is -0.355 e. The van der Waals surface area contributed by atoms with E-state index in [0.29, 0.717) is 23.3 Å². The van der Waals surface area contributed by atoms with Crippen LogP contribution >= 0.6 is 11.3 Å². The number of nitrogens with one attached hydrogen (secondary N) is 1. The number of nitro benzene ring substituents is 1. The molecule has 0 radical (unpaired) electrons. The van der Waals surface area contributed by atoms with Gasteiger partial charge in [0.05, 0.1) is 17.2 Å². The van der Waals surface area contributed by atoms with Crippen molar-refractivity contribution in [1.82, 2.24) is 4.98 Å². The molecule has 1 atom stereocenters. The fraction of sp³-hybridized carbons (Fsp3) is 0.308. The molecule has 1 N–H and O–H groups in total. The van der Waals surface area contributed by atoms with Crippen molar-refractivity contribution >= 4 is 22.2 Å². The van der Waals surface area contributed by atoms with E-state index in [0.717, 1.165) is 6.20 Å². The molecule has 1 aromatic heterocycles. The van der Waals surface area contributed by atoms with Gasteiger partial charge in [-0.2, -0.15) is 13.2 Å². The quantitative estimate of drug-likeness (QED) is 0.640. The molecule has 0 spiro atoms. The van der Waals surface area contributed by atoms with Gasteiger partial charge in [-0.3, -0.25) is 10.1 Å². The Bertz CT molecular complexity index is 673. The van der Waals surface area contributed by atoms with Gasteiger partial charge in [0.25, 0.3) is 5.69 Å². The van der Waals surface area contributed by atoms with Gasteiger partial charge in [0, 0.05) is 12.1 Å². The van der Waals surface area contributed by atoms with E-state index in [2.05, 4.69) is 10.3 Å². The number of thiazole rings is 1. The second-order valence-electron chi connectivity index (χ2n) is 4.48. The maximum absolute atomic E-state index is 12.6. The molecule has 2 aromatic rings. The number of hydrogen-bond acceptors (Lipinski definition) is 5. The van der Waals surface area contributed by atoms with Gasteiger partial charge < -0.3 is 5.32 Å². The molecule has 118 valence electrons. The predicted octanol–water partition coefficient (Wildman–Crippen LogP) is 4.63. The summed E-state index contributed by atoms with van der Waals surface area (Å²) < 4.78 is 37.7. The molecule has 0 aliphatic carbocycles. The summed E-state index contributed by atoms with van der Waals surface area (Å²) in [4.78, 5) is 13.2. The van der Waals surface area contributed by atoms with Crippen LogP contribution in [0.2, 0.25) is 0 Å². The monoisotopic (exact) mass is 331 g/mol. The number of benzene rings is 1. The highest BCUT2D eigenvalue weighted by molar-refractivity contribution is 7.15. The first-order chi connectivity index (χ1) is 10.3. The van der Waals surface area contributed by atoms with Crippen molar-refractivity contribution in [3.8, 4) is 0 Å². The molecule has 0 saturated carbocycles. The van der Waals surface area contributed by atoms with Crippen LogP contribution in [0.4, 0.5) is 24.0 Å². The van der Waals surface area contributed by atoms with Gasteiger partial charge in [0.2, 0.25) is 0 Å².